The number of hydrogen-bond acceptors (Lipinski definition) is 9. The molecule has 3 aliphatic carbocycles. The van der Waals surface area contributed by atoms with Crippen molar-refractivity contribution in [2.24, 2.45) is 17.6 Å². The van der Waals surface area contributed by atoms with Crippen molar-refractivity contribution in [3.05, 3.63) is 45.7 Å². The maximum absolute atomic E-state index is 13.5. The molecule has 0 aromatic heterocycles. The highest BCUT2D eigenvalue weighted by atomic mass is 16.6. The van der Waals surface area contributed by atoms with Gasteiger partial charge >= 0.3 is 6.09 Å². The fourth-order valence-electron chi connectivity index (χ4n) is 5.45. The van der Waals surface area contributed by atoms with Gasteiger partial charge in [-0.1, -0.05) is 13.0 Å². The molecule has 0 bridgehead atoms. The molecule has 0 saturated heterocycles. The number of phenols is 1. The van der Waals surface area contributed by atoms with Crippen LogP contribution in [0.15, 0.2) is 29.0 Å². The van der Waals surface area contributed by atoms with E-state index in [1.54, 1.807) is 13.1 Å². The number of hydrogen-bond donors (Lipinski definition) is 5. The van der Waals surface area contributed by atoms with E-state index in [4.69, 9.17) is 10.5 Å². The van der Waals surface area contributed by atoms with E-state index < -0.39 is 58.1 Å². The number of nitrogens with two attached hydrogens (primary N) is 1. The Hall–Kier alpha value is -3.86. The molecule has 1 saturated carbocycles. The number of carbonyl (C=O) groups excluding carboxylic acids is 4. The normalized spacial score (nSPS) is 25.2. The Morgan fingerprint density at radius 1 is 1.19 bits per heavy atom. The van der Waals surface area contributed by atoms with E-state index in [-0.39, 0.29) is 49.3 Å². The van der Waals surface area contributed by atoms with Gasteiger partial charge in [-0.15, -0.1) is 0 Å². The molecule has 0 radical (unpaired) electrons. The van der Waals surface area contributed by atoms with E-state index in [1.165, 1.54) is 11.0 Å². The van der Waals surface area contributed by atoms with Crippen molar-refractivity contribution in [2.75, 3.05) is 13.7 Å². The van der Waals surface area contributed by atoms with Gasteiger partial charge < -0.3 is 35.8 Å². The zero-order valence-corrected chi connectivity index (χ0v) is 19.9. The lowest BCUT2D eigenvalue weighted by Gasteiger charge is -2.46. The van der Waals surface area contributed by atoms with Crippen molar-refractivity contribution >= 4 is 29.3 Å². The van der Waals surface area contributed by atoms with Crippen LogP contribution in [0, 0.1) is 11.8 Å². The number of aliphatic hydroxyl groups excluding tert-OH is 2. The van der Waals surface area contributed by atoms with Crippen LogP contribution in [0.5, 0.6) is 5.75 Å². The smallest absolute Gasteiger partial charge is 0.409 e. The van der Waals surface area contributed by atoms with E-state index in [2.05, 4.69) is 0 Å². The predicted octanol–water partition coefficient (Wildman–Crippen LogP) is 1.40. The van der Waals surface area contributed by atoms with Gasteiger partial charge in [-0.25, -0.2) is 4.79 Å². The highest BCUT2D eigenvalue weighted by Gasteiger charge is 2.60. The number of ketones is 2. The molecule has 11 heteroatoms. The minimum Gasteiger partial charge on any atom is -0.508 e. The molecule has 4 rings (SSSR count). The Labute approximate surface area is 206 Å². The largest absolute Gasteiger partial charge is 0.508 e. The van der Waals surface area contributed by atoms with Gasteiger partial charge in [0, 0.05) is 31.5 Å². The molecule has 1 aromatic rings. The Kier molecular flexibility index (Phi) is 6.29. The number of rotatable bonds is 5. The van der Waals surface area contributed by atoms with Gasteiger partial charge in [-0.2, -0.15) is 0 Å². The summed E-state index contributed by atoms with van der Waals surface area (Å²) in [5.41, 5.74) is 2.63. The highest BCUT2D eigenvalue weighted by Crippen LogP contribution is 2.52. The molecule has 11 nitrogen and oxygen atoms in total. The molecular weight excluding hydrogens is 472 g/mol. The van der Waals surface area contributed by atoms with E-state index in [0.717, 1.165) is 0 Å². The summed E-state index contributed by atoms with van der Waals surface area (Å²) in [6.45, 7) is 2.23. The number of phenolic OH excluding ortho intramolecular Hbond substituents is 1. The standard InChI is InChI=1S/C25H28N2O9/c1-3-6-36-24(34)27(2)10-11-4-5-15(28)18-14(11)8-12-7-13-9-16(29)19(23(26)33)22(32)25(13,35)21(31)17(12)20(18)30/h4-5,12-13,28,30,32,35H,3,6-10H2,1-2H3,(H2,26,33)/t12-,13+,25+/m1/s1. The van der Waals surface area contributed by atoms with Crippen molar-refractivity contribution in [3.63, 3.8) is 0 Å². The SMILES string of the molecule is CCCOC(=O)N(C)Cc1ccc(O)c2c1C[C@H]1C[C@H]3CC(=O)C(C(N)=O)=C(O)[C@@]3(O)C(=O)C1=C2O. The van der Waals surface area contributed by atoms with Crippen molar-refractivity contribution < 1.29 is 44.3 Å². The summed E-state index contributed by atoms with van der Waals surface area (Å²) in [6, 6.07) is 2.93. The van der Waals surface area contributed by atoms with Crippen molar-refractivity contribution in [1.82, 2.24) is 4.90 Å². The van der Waals surface area contributed by atoms with Gasteiger partial charge in [0.1, 0.15) is 22.8 Å². The lowest BCUT2D eigenvalue weighted by molar-refractivity contribution is -0.147. The number of amides is 2. The second-order valence-corrected chi connectivity index (χ2v) is 9.47. The molecule has 0 unspecified atom stereocenters. The first kappa shape index (κ1) is 25.2. The van der Waals surface area contributed by atoms with Gasteiger partial charge in [-0.3, -0.25) is 14.4 Å². The third kappa shape index (κ3) is 3.70. The minimum absolute atomic E-state index is 0.0186. The first-order valence-corrected chi connectivity index (χ1v) is 11.6. The molecule has 3 atom stereocenters. The molecule has 36 heavy (non-hydrogen) atoms. The summed E-state index contributed by atoms with van der Waals surface area (Å²) < 4.78 is 5.14. The monoisotopic (exact) mass is 500 g/mol. The summed E-state index contributed by atoms with van der Waals surface area (Å²) in [4.78, 5) is 51.3. The quantitative estimate of drug-likeness (QED) is 0.372. The van der Waals surface area contributed by atoms with Gasteiger partial charge in [0.15, 0.2) is 11.4 Å². The number of primary amides is 1. The molecule has 0 heterocycles. The summed E-state index contributed by atoms with van der Waals surface area (Å²) in [6.07, 6.45) is -0.0721. The fourth-order valence-corrected chi connectivity index (χ4v) is 5.45. The average Bonchev–Trinajstić information content (AvgIpc) is 2.81. The molecule has 0 aliphatic heterocycles. The van der Waals surface area contributed by atoms with Crippen LogP contribution in [0.25, 0.3) is 5.76 Å². The molecule has 3 aliphatic rings. The summed E-state index contributed by atoms with van der Waals surface area (Å²) in [5, 5.41) is 43.5. The highest BCUT2D eigenvalue weighted by molar-refractivity contribution is 6.22. The number of benzene rings is 1. The molecule has 1 fully saturated rings. The number of nitrogens with zero attached hydrogens (tertiary/aromatic N) is 1. The third-order valence-electron chi connectivity index (χ3n) is 7.19. The molecular formula is C25H28N2O9. The van der Waals surface area contributed by atoms with Crippen molar-refractivity contribution in [1.29, 1.82) is 0 Å². The van der Waals surface area contributed by atoms with E-state index in [1.807, 2.05) is 6.92 Å². The maximum Gasteiger partial charge on any atom is 0.409 e. The van der Waals surface area contributed by atoms with Crippen LogP contribution in [0.4, 0.5) is 4.79 Å². The lowest BCUT2D eigenvalue weighted by Crippen LogP contribution is -2.58. The van der Waals surface area contributed by atoms with E-state index >= 15 is 0 Å². The Morgan fingerprint density at radius 2 is 1.89 bits per heavy atom. The second kappa shape index (κ2) is 8.98. The zero-order valence-electron chi connectivity index (χ0n) is 19.9. The van der Waals surface area contributed by atoms with E-state index in [9.17, 15) is 39.6 Å². The summed E-state index contributed by atoms with van der Waals surface area (Å²) in [7, 11) is 1.55. The number of aromatic hydroxyl groups is 1. The van der Waals surface area contributed by atoms with Gasteiger partial charge in [0.05, 0.1) is 12.2 Å². The van der Waals surface area contributed by atoms with Gasteiger partial charge in [-0.05, 0) is 42.4 Å². The zero-order chi connectivity index (χ0) is 26.5. The molecule has 0 spiro atoms. The summed E-state index contributed by atoms with van der Waals surface area (Å²) >= 11 is 0. The molecule has 6 N–H and O–H groups in total. The topological polar surface area (TPSA) is 188 Å². The van der Waals surface area contributed by atoms with Gasteiger partial charge in [0.25, 0.3) is 5.91 Å². The lowest BCUT2D eigenvalue weighted by atomic mass is 9.59. The van der Waals surface area contributed by atoms with Gasteiger partial charge in [0.2, 0.25) is 5.78 Å². The minimum atomic E-state index is -2.61. The maximum atomic E-state index is 13.5. The van der Waals surface area contributed by atoms with Crippen molar-refractivity contribution in [2.45, 2.75) is 44.8 Å². The van der Waals surface area contributed by atoms with Crippen LogP contribution in [0.3, 0.4) is 0 Å². The predicted molar refractivity (Wildman–Crippen MR) is 124 cm³/mol. The van der Waals surface area contributed by atoms with Crippen LogP contribution in [0.1, 0.15) is 42.9 Å². The molecule has 2 amide bonds. The first-order valence-electron chi connectivity index (χ1n) is 11.6. The number of ether oxygens (including phenoxy) is 1. The Balaban J connectivity index is 1.78. The van der Waals surface area contributed by atoms with Crippen LogP contribution in [-0.4, -0.2) is 68.1 Å². The van der Waals surface area contributed by atoms with Crippen LogP contribution >= 0.6 is 0 Å². The Bertz CT molecular complexity index is 1250. The second-order valence-electron chi connectivity index (χ2n) is 9.47. The third-order valence-corrected chi connectivity index (χ3v) is 7.19. The fraction of sp³-hybridized carbons (Fsp3) is 0.440. The first-order chi connectivity index (χ1) is 16.9. The Morgan fingerprint density at radius 3 is 2.53 bits per heavy atom. The number of Topliss-reactive ketones (excluding diaryl/α,β-unsaturated/α-hetero) is 2. The summed E-state index contributed by atoms with van der Waals surface area (Å²) in [5.74, 6) is -6.79. The molecule has 192 valence electrons. The average molecular weight is 501 g/mol. The number of carbonyl (C=O) groups is 4. The molecule has 1 aromatic carbocycles. The van der Waals surface area contributed by atoms with Crippen molar-refractivity contribution in [3.8, 4) is 5.75 Å². The number of fused-ring (bicyclic) bond motifs is 3. The van der Waals surface area contributed by atoms with E-state index in [0.29, 0.717) is 17.5 Å². The van der Waals surface area contributed by atoms with Crippen LogP contribution in [-0.2, 0) is 32.1 Å². The number of aliphatic hydroxyl groups is 3. The van der Waals surface area contributed by atoms with Crippen LogP contribution in [0.2, 0.25) is 0 Å². The van der Waals surface area contributed by atoms with Crippen LogP contribution < -0.4 is 5.73 Å².